The second kappa shape index (κ2) is 10.9. The number of carbonyl (C=O) groups is 3. The van der Waals surface area contributed by atoms with Crippen molar-refractivity contribution in [2.24, 2.45) is 0 Å². The summed E-state index contributed by atoms with van der Waals surface area (Å²) >= 11 is 0. The maximum absolute atomic E-state index is 12.8. The van der Waals surface area contributed by atoms with Crippen LogP contribution in [0.2, 0.25) is 0 Å². The van der Waals surface area contributed by atoms with E-state index < -0.39 is 17.2 Å². The first kappa shape index (κ1) is 23.5. The van der Waals surface area contributed by atoms with Crippen LogP contribution in [0.25, 0.3) is 11.3 Å². The maximum atomic E-state index is 12.8. The van der Waals surface area contributed by atoms with Crippen molar-refractivity contribution in [1.82, 2.24) is 0 Å². The third kappa shape index (κ3) is 5.66. The van der Waals surface area contributed by atoms with E-state index in [-0.39, 0.29) is 40.6 Å². The minimum atomic E-state index is -0.906. The van der Waals surface area contributed by atoms with Gasteiger partial charge in [0.2, 0.25) is 0 Å². The highest BCUT2D eigenvalue weighted by Gasteiger charge is 2.20. The van der Waals surface area contributed by atoms with Crippen molar-refractivity contribution in [2.45, 2.75) is 20.3 Å². The van der Waals surface area contributed by atoms with Crippen LogP contribution in [0.3, 0.4) is 0 Å². The van der Waals surface area contributed by atoms with Crippen LogP contribution in [0.4, 0.5) is 0 Å². The molecule has 7 heteroatoms. The Labute approximate surface area is 179 Å². The SMILES string of the molecule is CCOC(=O)/C(C(C)=O)=c1/c(=O)cccc/c1=C(\CC(=O)c1ccc(OC)cc1)OC. The second-order valence-electron chi connectivity index (χ2n) is 6.48. The molecule has 0 atom stereocenters. The summed E-state index contributed by atoms with van der Waals surface area (Å²) in [6, 6.07) is 12.4. The molecule has 0 heterocycles. The first-order chi connectivity index (χ1) is 14.8. The molecule has 31 heavy (non-hydrogen) atoms. The van der Waals surface area contributed by atoms with E-state index in [1.54, 1.807) is 37.3 Å². The van der Waals surface area contributed by atoms with Crippen LogP contribution >= 0.6 is 0 Å². The van der Waals surface area contributed by atoms with E-state index in [1.807, 2.05) is 0 Å². The Morgan fingerprint density at radius 2 is 1.58 bits per heavy atom. The van der Waals surface area contributed by atoms with Gasteiger partial charge >= 0.3 is 5.97 Å². The van der Waals surface area contributed by atoms with E-state index in [1.165, 1.54) is 39.3 Å². The van der Waals surface area contributed by atoms with E-state index in [9.17, 15) is 19.2 Å². The number of rotatable bonds is 8. The fourth-order valence-electron chi connectivity index (χ4n) is 3.01. The Morgan fingerprint density at radius 1 is 0.935 bits per heavy atom. The fourth-order valence-corrected chi connectivity index (χ4v) is 3.01. The van der Waals surface area contributed by atoms with Crippen molar-refractivity contribution >= 4 is 28.9 Å². The quantitative estimate of drug-likeness (QED) is 0.359. The van der Waals surface area contributed by atoms with Crippen LogP contribution < -0.4 is 20.6 Å². The molecule has 0 aliphatic carbocycles. The van der Waals surface area contributed by atoms with Gasteiger partial charge in [-0.3, -0.25) is 14.4 Å². The minimum absolute atomic E-state index is 0.0366. The summed E-state index contributed by atoms with van der Waals surface area (Å²) < 4.78 is 15.5. The maximum Gasteiger partial charge on any atom is 0.342 e. The molecule has 0 unspecified atom stereocenters. The predicted molar refractivity (Wildman–Crippen MR) is 115 cm³/mol. The molecule has 0 amide bonds. The Hall–Kier alpha value is -3.74. The van der Waals surface area contributed by atoms with Crippen molar-refractivity contribution in [1.29, 1.82) is 0 Å². The largest absolute Gasteiger partial charge is 0.500 e. The number of carbonyl (C=O) groups excluding carboxylic acids is 3. The van der Waals surface area contributed by atoms with Gasteiger partial charge in [0.15, 0.2) is 17.0 Å². The third-order valence-corrected chi connectivity index (χ3v) is 4.50. The number of hydrogen-bond donors (Lipinski definition) is 0. The normalized spacial score (nSPS) is 12.4. The third-order valence-electron chi connectivity index (χ3n) is 4.50. The summed E-state index contributed by atoms with van der Waals surface area (Å²) in [6.07, 6.45) is -0.187. The van der Waals surface area contributed by atoms with Crippen LogP contribution in [-0.2, 0) is 19.1 Å². The van der Waals surface area contributed by atoms with Gasteiger partial charge in [0, 0.05) is 10.8 Å². The van der Waals surface area contributed by atoms with Crippen LogP contribution in [-0.4, -0.2) is 38.4 Å². The lowest BCUT2D eigenvalue weighted by atomic mass is 10.0. The molecule has 0 saturated carbocycles. The molecule has 0 radical (unpaired) electrons. The highest BCUT2D eigenvalue weighted by atomic mass is 16.5. The molecule has 0 N–H and O–H groups in total. The second-order valence-corrected chi connectivity index (χ2v) is 6.48. The Balaban J connectivity index is 2.80. The first-order valence-electron chi connectivity index (χ1n) is 9.60. The van der Waals surface area contributed by atoms with Gasteiger partial charge in [-0.15, -0.1) is 0 Å². The van der Waals surface area contributed by atoms with Gasteiger partial charge in [-0.2, -0.15) is 0 Å². The van der Waals surface area contributed by atoms with E-state index >= 15 is 0 Å². The van der Waals surface area contributed by atoms with Crippen LogP contribution in [0, 0.1) is 0 Å². The number of ether oxygens (including phenoxy) is 3. The van der Waals surface area contributed by atoms with Crippen molar-refractivity contribution in [2.75, 3.05) is 20.8 Å². The van der Waals surface area contributed by atoms with Crippen LogP contribution in [0.5, 0.6) is 5.75 Å². The Morgan fingerprint density at radius 3 is 2.13 bits per heavy atom. The van der Waals surface area contributed by atoms with Crippen LogP contribution in [0.1, 0.15) is 30.6 Å². The smallest absolute Gasteiger partial charge is 0.342 e. The number of esters is 1. The summed E-state index contributed by atoms with van der Waals surface area (Å²) in [5.74, 6) is -1.05. The zero-order valence-corrected chi connectivity index (χ0v) is 17.9. The molecule has 0 fully saturated rings. The van der Waals surface area contributed by atoms with E-state index in [0.717, 1.165) is 0 Å². The fraction of sp³-hybridized carbons (Fsp3) is 0.250. The number of ketones is 2. The van der Waals surface area contributed by atoms with Gasteiger partial charge in [0.1, 0.15) is 17.1 Å². The Kier molecular flexibility index (Phi) is 8.25. The first-order valence-corrected chi connectivity index (χ1v) is 9.60. The van der Waals surface area contributed by atoms with Crippen molar-refractivity contribution in [3.63, 3.8) is 0 Å². The molecule has 2 aromatic carbocycles. The summed E-state index contributed by atoms with van der Waals surface area (Å²) in [4.78, 5) is 50.3. The molecular weight excluding hydrogens is 400 g/mol. The molecule has 0 saturated heterocycles. The topological polar surface area (TPSA) is 96.0 Å². The molecule has 0 aliphatic heterocycles. The van der Waals surface area contributed by atoms with Gasteiger partial charge in [0.25, 0.3) is 0 Å². The lowest BCUT2D eigenvalue weighted by molar-refractivity contribution is -0.137. The predicted octanol–water partition coefficient (Wildman–Crippen LogP) is 1.39. The number of methoxy groups -OCH3 is 2. The van der Waals surface area contributed by atoms with Gasteiger partial charge in [-0.05, 0) is 44.2 Å². The van der Waals surface area contributed by atoms with Crippen molar-refractivity contribution in [3.8, 4) is 5.75 Å². The molecule has 0 aliphatic rings. The van der Waals surface area contributed by atoms with E-state index in [2.05, 4.69) is 0 Å². The van der Waals surface area contributed by atoms with Gasteiger partial charge < -0.3 is 14.2 Å². The molecular formula is C24H24O7. The highest BCUT2D eigenvalue weighted by molar-refractivity contribution is 6.38. The average Bonchev–Trinajstić information content (AvgIpc) is 2.94. The van der Waals surface area contributed by atoms with Gasteiger partial charge in [-0.1, -0.05) is 18.2 Å². The summed E-state index contributed by atoms with van der Waals surface area (Å²) in [5.41, 5.74) is -0.532. The number of hydrogen-bond acceptors (Lipinski definition) is 7. The van der Waals surface area contributed by atoms with Crippen LogP contribution in [0.15, 0.2) is 53.3 Å². The number of benzene rings is 1. The molecule has 0 aromatic heterocycles. The number of Topliss-reactive ketones (excluding diaryl/α,β-unsaturated/α-hetero) is 2. The lowest BCUT2D eigenvalue weighted by Crippen LogP contribution is -2.43. The van der Waals surface area contributed by atoms with Crippen molar-refractivity contribution in [3.05, 3.63) is 74.8 Å². The monoisotopic (exact) mass is 424 g/mol. The van der Waals surface area contributed by atoms with Crippen molar-refractivity contribution < 1.29 is 28.6 Å². The Bertz CT molecular complexity index is 1160. The van der Waals surface area contributed by atoms with Gasteiger partial charge in [0.05, 0.1) is 32.5 Å². The molecule has 162 valence electrons. The highest BCUT2D eigenvalue weighted by Crippen LogP contribution is 2.15. The standard InChI is InChI=1S/C24H24O7/c1-5-31-24(28)22(15(2)25)23-18(8-6-7-9-19(23)26)21(30-4)14-20(27)16-10-12-17(29-3)13-11-16/h6-13H,5,14H2,1-4H3/b21-18-,23-22+. The molecule has 2 rings (SSSR count). The lowest BCUT2D eigenvalue weighted by Gasteiger charge is -2.08. The molecule has 7 nitrogen and oxygen atoms in total. The molecule has 0 spiro atoms. The average molecular weight is 424 g/mol. The van der Waals surface area contributed by atoms with E-state index in [4.69, 9.17) is 14.2 Å². The molecule has 2 aromatic rings. The summed E-state index contributed by atoms with van der Waals surface area (Å²) in [7, 11) is 2.88. The summed E-state index contributed by atoms with van der Waals surface area (Å²) in [5, 5.41) is 0.0212. The zero-order chi connectivity index (χ0) is 23.0. The zero-order valence-electron chi connectivity index (χ0n) is 17.9. The van der Waals surface area contributed by atoms with Gasteiger partial charge in [-0.25, -0.2) is 4.79 Å². The summed E-state index contributed by atoms with van der Waals surface area (Å²) in [6.45, 7) is 2.81. The van der Waals surface area contributed by atoms with E-state index in [0.29, 0.717) is 11.3 Å². The molecule has 0 bridgehead atoms. The minimum Gasteiger partial charge on any atom is -0.500 e.